The molecule has 3 rings (SSSR count). The number of amides is 2. The Bertz CT molecular complexity index is 843. The quantitative estimate of drug-likeness (QED) is 0.776. The summed E-state index contributed by atoms with van der Waals surface area (Å²) in [6, 6.07) is 12.1. The summed E-state index contributed by atoms with van der Waals surface area (Å²) in [4.78, 5) is 26.3. The molecule has 1 aliphatic heterocycles. The van der Waals surface area contributed by atoms with Crippen molar-refractivity contribution in [1.29, 1.82) is 0 Å². The van der Waals surface area contributed by atoms with Gasteiger partial charge in [0.2, 0.25) is 5.91 Å². The number of benzene rings is 2. The molecule has 1 fully saturated rings. The minimum absolute atomic E-state index is 0. The van der Waals surface area contributed by atoms with Gasteiger partial charge in [-0.15, -0.1) is 12.4 Å². The summed E-state index contributed by atoms with van der Waals surface area (Å²) in [6.07, 6.45) is 0.974. The first kappa shape index (κ1) is 22.8. The van der Waals surface area contributed by atoms with Gasteiger partial charge in [-0.25, -0.2) is 8.78 Å². The van der Waals surface area contributed by atoms with Crippen molar-refractivity contribution < 1.29 is 18.4 Å². The van der Waals surface area contributed by atoms with Crippen LogP contribution >= 0.6 is 12.4 Å². The molecule has 29 heavy (non-hydrogen) atoms. The van der Waals surface area contributed by atoms with Crippen LogP contribution in [0, 0.1) is 17.6 Å². The third-order valence-corrected chi connectivity index (χ3v) is 5.04. The maximum Gasteiger partial charge on any atom is 0.256 e. The predicted octanol–water partition coefficient (Wildman–Crippen LogP) is 3.06. The first-order chi connectivity index (χ1) is 13.5. The fraction of sp³-hybridized carbons (Fsp3) is 0.333. The molecule has 2 amide bonds. The smallest absolute Gasteiger partial charge is 0.256 e. The maximum absolute atomic E-state index is 13.8. The van der Waals surface area contributed by atoms with Crippen molar-refractivity contribution in [2.24, 2.45) is 11.7 Å². The van der Waals surface area contributed by atoms with E-state index >= 15 is 0 Å². The molecule has 0 aliphatic carbocycles. The van der Waals surface area contributed by atoms with E-state index in [4.69, 9.17) is 5.73 Å². The van der Waals surface area contributed by atoms with Gasteiger partial charge < -0.3 is 16.0 Å². The van der Waals surface area contributed by atoms with Crippen molar-refractivity contribution >= 4 is 24.2 Å². The lowest BCUT2D eigenvalue weighted by Crippen LogP contribution is -2.44. The highest BCUT2D eigenvalue weighted by atomic mass is 35.5. The summed E-state index contributed by atoms with van der Waals surface area (Å²) in [5.41, 5.74) is 6.89. The van der Waals surface area contributed by atoms with Gasteiger partial charge in [0.05, 0.1) is 5.56 Å². The topological polar surface area (TPSA) is 75.4 Å². The second-order valence-corrected chi connectivity index (χ2v) is 6.95. The van der Waals surface area contributed by atoms with Crippen LogP contribution in [0.1, 0.15) is 34.8 Å². The number of carbonyl (C=O) groups is 2. The minimum Gasteiger partial charge on any atom is -0.354 e. The number of rotatable bonds is 5. The number of hydrogen-bond donors (Lipinski definition) is 2. The van der Waals surface area contributed by atoms with Gasteiger partial charge >= 0.3 is 0 Å². The normalized spacial score (nSPS) is 15.3. The van der Waals surface area contributed by atoms with Crippen LogP contribution in [0.15, 0.2) is 48.5 Å². The standard InChI is InChI=1S/C21H23F2N3O2.ClH/c22-16-6-7-17(18(23)12-16)21(28)26-10-8-15(9-11-26)20(27)25-13-19(24)14-4-2-1-3-5-14;/h1-7,12,15,19H,8-11,13,24H2,(H,25,27);1H. The van der Waals surface area contributed by atoms with E-state index in [1.165, 1.54) is 4.90 Å². The number of hydrogen-bond acceptors (Lipinski definition) is 3. The van der Waals surface area contributed by atoms with Crippen molar-refractivity contribution in [3.8, 4) is 0 Å². The maximum atomic E-state index is 13.8. The lowest BCUT2D eigenvalue weighted by molar-refractivity contribution is -0.126. The SMILES string of the molecule is Cl.NC(CNC(=O)C1CCN(C(=O)c2ccc(F)cc2F)CC1)c1ccccc1. The molecule has 5 nitrogen and oxygen atoms in total. The molecule has 2 aromatic carbocycles. The number of likely N-dealkylation sites (tertiary alicyclic amines) is 1. The summed E-state index contributed by atoms with van der Waals surface area (Å²) >= 11 is 0. The van der Waals surface area contributed by atoms with Crippen molar-refractivity contribution in [3.63, 3.8) is 0 Å². The van der Waals surface area contributed by atoms with Gasteiger partial charge in [0.1, 0.15) is 11.6 Å². The minimum atomic E-state index is -0.875. The van der Waals surface area contributed by atoms with Gasteiger partial charge in [-0.3, -0.25) is 9.59 Å². The summed E-state index contributed by atoms with van der Waals surface area (Å²) < 4.78 is 26.8. The van der Waals surface area contributed by atoms with Crippen molar-refractivity contribution in [2.45, 2.75) is 18.9 Å². The second kappa shape index (κ2) is 10.3. The Kier molecular flexibility index (Phi) is 8.10. The first-order valence-corrected chi connectivity index (χ1v) is 9.28. The van der Waals surface area contributed by atoms with Crippen LogP contribution in [-0.4, -0.2) is 36.3 Å². The molecule has 0 aromatic heterocycles. The van der Waals surface area contributed by atoms with E-state index < -0.39 is 17.5 Å². The highest BCUT2D eigenvalue weighted by molar-refractivity contribution is 5.94. The predicted molar refractivity (Wildman–Crippen MR) is 109 cm³/mol. The average Bonchev–Trinajstić information content (AvgIpc) is 2.72. The van der Waals surface area contributed by atoms with Crippen LogP contribution in [0.25, 0.3) is 0 Å². The average molecular weight is 424 g/mol. The van der Waals surface area contributed by atoms with Crippen LogP contribution in [0.3, 0.4) is 0 Å². The molecule has 0 spiro atoms. The van der Waals surface area contributed by atoms with Crippen LogP contribution in [0.5, 0.6) is 0 Å². The Morgan fingerprint density at radius 2 is 1.76 bits per heavy atom. The zero-order valence-electron chi connectivity index (χ0n) is 15.8. The Morgan fingerprint density at radius 3 is 2.38 bits per heavy atom. The second-order valence-electron chi connectivity index (χ2n) is 6.95. The van der Waals surface area contributed by atoms with E-state index in [0.29, 0.717) is 38.5 Å². The highest BCUT2D eigenvalue weighted by Crippen LogP contribution is 2.21. The van der Waals surface area contributed by atoms with Crippen LogP contribution in [0.4, 0.5) is 8.78 Å². The molecule has 3 N–H and O–H groups in total. The van der Waals surface area contributed by atoms with E-state index in [0.717, 1.165) is 17.7 Å². The summed E-state index contributed by atoms with van der Waals surface area (Å²) in [6.45, 7) is 1.03. The molecule has 0 bridgehead atoms. The first-order valence-electron chi connectivity index (χ1n) is 9.28. The molecular formula is C21H24ClF2N3O2. The number of nitrogens with one attached hydrogen (secondary N) is 1. The largest absolute Gasteiger partial charge is 0.354 e. The third kappa shape index (κ3) is 5.74. The number of piperidine rings is 1. The zero-order valence-corrected chi connectivity index (χ0v) is 16.6. The number of nitrogens with zero attached hydrogens (tertiary/aromatic N) is 1. The molecule has 1 heterocycles. The van der Waals surface area contributed by atoms with Gasteiger partial charge in [0.25, 0.3) is 5.91 Å². The van der Waals surface area contributed by atoms with Crippen molar-refractivity contribution in [1.82, 2.24) is 10.2 Å². The van der Waals surface area contributed by atoms with E-state index in [9.17, 15) is 18.4 Å². The molecule has 1 saturated heterocycles. The number of nitrogens with two attached hydrogens (primary N) is 1. The molecule has 1 atom stereocenters. The molecule has 156 valence electrons. The zero-order chi connectivity index (χ0) is 20.1. The number of halogens is 3. The Hall–Kier alpha value is -2.51. The van der Waals surface area contributed by atoms with Crippen LogP contribution in [-0.2, 0) is 4.79 Å². The molecule has 0 saturated carbocycles. The fourth-order valence-corrected chi connectivity index (χ4v) is 3.35. The van der Waals surface area contributed by atoms with Crippen molar-refractivity contribution in [3.05, 3.63) is 71.3 Å². The Balaban J connectivity index is 0.00000300. The number of carbonyl (C=O) groups excluding carboxylic acids is 2. The van der Waals surface area contributed by atoms with Gasteiger partial charge in [0, 0.05) is 37.7 Å². The van der Waals surface area contributed by atoms with Gasteiger partial charge in [-0.2, -0.15) is 0 Å². The van der Waals surface area contributed by atoms with E-state index in [1.54, 1.807) is 0 Å². The summed E-state index contributed by atoms with van der Waals surface area (Å²) in [5, 5.41) is 2.87. The van der Waals surface area contributed by atoms with Crippen LogP contribution in [0.2, 0.25) is 0 Å². The monoisotopic (exact) mass is 423 g/mol. The van der Waals surface area contributed by atoms with E-state index in [-0.39, 0.29) is 35.8 Å². The van der Waals surface area contributed by atoms with Crippen molar-refractivity contribution in [2.75, 3.05) is 19.6 Å². The van der Waals surface area contributed by atoms with E-state index in [1.807, 2.05) is 30.3 Å². The van der Waals surface area contributed by atoms with Gasteiger partial charge in [-0.1, -0.05) is 30.3 Å². The lowest BCUT2D eigenvalue weighted by atomic mass is 9.95. The Labute approximate surface area is 174 Å². The van der Waals surface area contributed by atoms with Crippen LogP contribution < -0.4 is 11.1 Å². The summed E-state index contributed by atoms with van der Waals surface area (Å²) in [5.74, 6) is -2.39. The van der Waals surface area contributed by atoms with E-state index in [2.05, 4.69) is 5.32 Å². The summed E-state index contributed by atoms with van der Waals surface area (Å²) in [7, 11) is 0. The molecule has 1 aliphatic rings. The third-order valence-electron chi connectivity index (χ3n) is 5.04. The fourth-order valence-electron chi connectivity index (χ4n) is 3.35. The lowest BCUT2D eigenvalue weighted by Gasteiger charge is -2.31. The molecule has 1 unspecified atom stereocenters. The molecular weight excluding hydrogens is 400 g/mol. The van der Waals surface area contributed by atoms with Gasteiger partial charge in [-0.05, 0) is 30.5 Å². The molecule has 0 radical (unpaired) electrons. The molecule has 8 heteroatoms. The highest BCUT2D eigenvalue weighted by Gasteiger charge is 2.29. The molecule has 2 aromatic rings. The Morgan fingerprint density at radius 1 is 1.10 bits per heavy atom. The van der Waals surface area contributed by atoms with Gasteiger partial charge in [0.15, 0.2) is 0 Å².